The van der Waals surface area contributed by atoms with E-state index in [1.165, 1.54) is 6.21 Å². The van der Waals surface area contributed by atoms with E-state index < -0.39 is 0 Å². The molecule has 156 valence electrons. The molecule has 0 unspecified atom stereocenters. The van der Waals surface area contributed by atoms with Crippen LogP contribution in [0.4, 0.5) is 17.2 Å². The molecule has 1 heterocycles. The lowest BCUT2D eigenvalue weighted by Crippen LogP contribution is -2.19. The first-order valence-electron chi connectivity index (χ1n) is 9.46. The second-order valence-electron chi connectivity index (χ2n) is 6.91. The van der Waals surface area contributed by atoms with E-state index in [4.69, 9.17) is 20.6 Å². The lowest BCUT2D eigenvalue weighted by atomic mass is 10.1. The number of aromatic nitrogens is 2. The summed E-state index contributed by atoms with van der Waals surface area (Å²) in [5.74, 6) is 2.28. The zero-order valence-corrected chi connectivity index (χ0v) is 17.3. The summed E-state index contributed by atoms with van der Waals surface area (Å²) >= 11 is 0. The number of ether oxygens (including phenoxy) is 2. The van der Waals surface area contributed by atoms with Crippen LogP contribution in [0.25, 0.3) is 11.4 Å². The molecule has 3 rings (SSSR count). The van der Waals surface area contributed by atoms with E-state index in [0.29, 0.717) is 35.4 Å². The van der Waals surface area contributed by atoms with Crippen LogP contribution in [0.3, 0.4) is 0 Å². The number of nitrogens with zero attached hydrogens (tertiary/aromatic N) is 3. The molecule has 2 aromatic carbocycles. The molecule has 0 amide bonds. The van der Waals surface area contributed by atoms with E-state index in [-0.39, 0.29) is 0 Å². The van der Waals surface area contributed by atoms with Gasteiger partial charge in [0.2, 0.25) is 5.88 Å². The fraction of sp³-hybridized carbons (Fsp3) is 0.227. The van der Waals surface area contributed by atoms with Crippen LogP contribution in [0.2, 0.25) is 0 Å². The van der Waals surface area contributed by atoms with Crippen molar-refractivity contribution in [3.8, 4) is 23.0 Å². The summed E-state index contributed by atoms with van der Waals surface area (Å²) in [7, 11) is 5.59. The number of nitrogens with two attached hydrogens (primary N) is 1. The Bertz CT molecular complexity index is 1020. The molecule has 0 bridgehead atoms. The van der Waals surface area contributed by atoms with Gasteiger partial charge in [0.25, 0.3) is 0 Å². The number of rotatable bonds is 9. The summed E-state index contributed by atoms with van der Waals surface area (Å²) < 4.78 is 11.2. The minimum absolute atomic E-state index is 0.467. The first-order chi connectivity index (χ1) is 14.5. The van der Waals surface area contributed by atoms with E-state index >= 15 is 0 Å². The molecule has 0 saturated heterocycles. The highest BCUT2D eigenvalue weighted by atomic mass is 16.5. The lowest BCUT2D eigenvalue weighted by molar-refractivity contribution is 0.254. The van der Waals surface area contributed by atoms with Crippen LogP contribution >= 0.6 is 0 Å². The van der Waals surface area contributed by atoms with Gasteiger partial charge in [-0.2, -0.15) is 4.98 Å². The molecule has 0 radical (unpaired) electrons. The topological polar surface area (TPSA) is 109 Å². The average Bonchev–Trinajstić information content (AvgIpc) is 2.74. The Kier molecular flexibility index (Phi) is 6.82. The molecule has 30 heavy (non-hydrogen) atoms. The van der Waals surface area contributed by atoms with Gasteiger partial charge in [-0.15, -0.1) is 0 Å². The third-order valence-corrected chi connectivity index (χ3v) is 4.33. The first kappa shape index (κ1) is 21.1. The normalized spacial score (nSPS) is 10.7. The predicted molar refractivity (Wildman–Crippen MR) is 120 cm³/mol. The Hall–Kier alpha value is -3.65. The smallest absolute Gasteiger partial charge is 0.219 e. The number of hydrogen-bond acceptors (Lipinski definition) is 8. The molecule has 0 fully saturated rings. The number of nitrogen functional groups attached to an aromatic ring is 1. The molecule has 0 aliphatic rings. The molecule has 1 aromatic heterocycles. The number of likely N-dealkylation sites (N-methyl/N-ethyl adjacent to an activating group) is 1. The fourth-order valence-corrected chi connectivity index (χ4v) is 2.71. The van der Waals surface area contributed by atoms with Crippen molar-refractivity contribution in [2.75, 3.05) is 45.4 Å². The average molecular weight is 406 g/mol. The zero-order chi connectivity index (χ0) is 21.5. The van der Waals surface area contributed by atoms with Gasteiger partial charge in [0.05, 0.1) is 7.11 Å². The Morgan fingerprint density at radius 2 is 1.97 bits per heavy atom. The molecule has 8 nitrogen and oxygen atoms in total. The minimum atomic E-state index is 0.467. The Labute approximate surface area is 176 Å². The van der Waals surface area contributed by atoms with E-state index in [1.54, 1.807) is 25.3 Å². The van der Waals surface area contributed by atoms with Crippen molar-refractivity contribution in [3.63, 3.8) is 0 Å². The van der Waals surface area contributed by atoms with Crippen LogP contribution in [-0.4, -0.2) is 55.4 Å². The molecule has 8 heteroatoms. The molecule has 0 saturated carbocycles. The maximum Gasteiger partial charge on any atom is 0.219 e. The van der Waals surface area contributed by atoms with Gasteiger partial charge in [-0.25, -0.2) is 4.98 Å². The van der Waals surface area contributed by atoms with Crippen LogP contribution in [-0.2, 0) is 0 Å². The SMILES string of the molecule is COc1cccc(-c2nc(Nc3ccc(N)c(C=N)c3)cc(OCCN(C)C)n2)c1. The van der Waals surface area contributed by atoms with Crippen LogP contribution in [0.5, 0.6) is 11.6 Å². The molecule has 0 atom stereocenters. The van der Waals surface area contributed by atoms with Crippen LogP contribution in [0, 0.1) is 5.41 Å². The Balaban J connectivity index is 1.95. The maximum atomic E-state index is 7.50. The monoisotopic (exact) mass is 406 g/mol. The summed E-state index contributed by atoms with van der Waals surface area (Å²) in [5, 5.41) is 10.7. The van der Waals surface area contributed by atoms with Crippen LogP contribution in [0.1, 0.15) is 5.56 Å². The highest BCUT2D eigenvalue weighted by Crippen LogP contribution is 2.27. The van der Waals surface area contributed by atoms with Gasteiger partial charge in [0.1, 0.15) is 18.2 Å². The Morgan fingerprint density at radius 3 is 2.70 bits per heavy atom. The highest BCUT2D eigenvalue weighted by Gasteiger charge is 2.10. The van der Waals surface area contributed by atoms with E-state index in [0.717, 1.165) is 23.5 Å². The molecule has 0 aliphatic heterocycles. The van der Waals surface area contributed by atoms with Gasteiger partial charge >= 0.3 is 0 Å². The Morgan fingerprint density at radius 1 is 1.13 bits per heavy atom. The van der Waals surface area contributed by atoms with E-state index in [9.17, 15) is 0 Å². The van der Waals surface area contributed by atoms with Gasteiger partial charge in [-0.3, -0.25) is 0 Å². The molecule has 4 N–H and O–H groups in total. The fourth-order valence-electron chi connectivity index (χ4n) is 2.71. The third kappa shape index (κ3) is 5.45. The molecule has 3 aromatic rings. The van der Waals surface area contributed by atoms with Gasteiger partial charge in [0, 0.05) is 41.3 Å². The molecule has 0 spiro atoms. The van der Waals surface area contributed by atoms with Crippen molar-refractivity contribution in [2.24, 2.45) is 0 Å². The first-order valence-corrected chi connectivity index (χ1v) is 9.46. The van der Waals surface area contributed by atoms with E-state index in [1.807, 2.05) is 49.3 Å². The lowest BCUT2D eigenvalue weighted by Gasteiger charge is -2.14. The predicted octanol–water partition coefficient (Wildman–Crippen LogP) is 3.42. The standard InChI is InChI=1S/C22H26N6O2/c1-28(2)9-10-30-21-13-20(25-17-7-8-19(24)16(11-17)14-23)26-22(27-21)15-5-4-6-18(12-15)29-3/h4-8,11-14,23H,9-10,24H2,1-3H3,(H,25,26,27). The van der Waals surface area contributed by atoms with Crippen molar-refractivity contribution in [2.45, 2.75) is 0 Å². The summed E-state index contributed by atoms with van der Waals surface area (Å²) in [6, 6.07) is 14.7. The van der Waals surface area contributed by atoms with Gasteiger partial charge in [-0.1, -0.05) is 12.1 Å². The minimum Gasteiger partial charge on any atom is -0.497 e. The molecular formula is C22H26N6O2. The quantitative estimate of drug-likeness (QED) is 0.369. The molecule has 0 aliphatic carbocycles. The van der Waals surface area contributed by atoms with Crippen molar-refractivity contribution in [1.29, 1.82) is 5.41 Å². The van der Waals surface area contributed by atoms with Crippen molar-refractivity contribution in [1.82, 2.24) is 14.9 Å². The summed E-state index contributed by atoms with van der Waals surface area (Å²) in [6.45, 7) is 1.27. The summed E-state index contributed by atoms with van der Waals surface area (Å²) in [5.41, 5.74) is 8.63. The maximum absolute atomic E-state index is 7.50. The van der Waals surface area contributed by atoms with Crippen LogP contribution in [0.15, 0.2) is 48.5 Å². The second kappa shape index (κ2) is 9.71. The van der Waals surface area contributed by atoms with Gasteiger partial charge in [-0.05, 0) is 44.4 Å². The van der Waals surface area contributed by atoms with Crippen molar-refractivity contribution < 1.29 is 9.47 Å². The van der Waals surface area contributed by atoms with Crippen molar-refractivity contribution in [3.05, 3.63) is 54.1 Å². The van der Waals surface area contributed by atoms with E-state index in [2.05, 4.69) is 15.3 Å². The van der Waals surface area contributed by atoms with Crippen molar-refractivity contribution >= 4 is 23.4 Å². The largest absolute Gasteiger partial charge is 0.497 e. The zero-order valence-electron chi connectivity index (χ0n) is 17.3. The number of methoxy groups -OCH3 is 1. The molecular weight excluding hydrogens is 380 g/mol. The second-order valence-corrected chi connectivity index (χ2v) is 6.91. The number of benzene rings is 2. The van der Waals surface area contributed by atoms with Gasteiger partial charge in [0.15, 0.2) is 5.82 Å². The number of hydrogen-bond donors (Lipinski definition) is 3. The summed E-state index contributed by atoms with van der Waals surface area (Å²) in [4.78, 5) is 11.2. The highest BCUT2D eigenvalue weighted by molar-refractivity contribution is 5.87. The number of anilines is 3. The third-order valence-electron chi connectivity index (χ3n) is 4.33. The van der Waals surface area contributed by atoms with Gasteiger partial charge < -0.3 is 30.8 Å². The summed E-state index contributed by atoms with van der Waals surface area (Å²) in [6.07, 6.45) is 1.22. The van der Waals surface area contributed by atoms with Crippen LogP contribution < -0.4 is 20.5 Å². The number of nitrogens with one attached hydrogen (secondary N) is 2.